The minimum absolute atomic E-state index is 0.00924. The molecule has 1 aromatic rings. The van der Waals surface area contributed by atoms with Crippen molar-refractivity contribution in [2.75, 3.05) is 39.4 Å². The molecule has 2 aliphatic rings. The van der Waals surface area contributed by atoms with Gasteiger partial charge in [-0.1, -0.05) is 0 Å². The van der Waals surface area contributed by atoms with Gasteiger partial charge < -0.3 is 9.64 Å². The Labute approximate surface area is 137 Å². The van der Waals surface area contributed by atoms with E-state index in [0.29, 0.717) is 17.7 Å². The van der Waals surface area contributed by atoms with E-state index in [-0.39, 0.29) is 5.91 Å². The number of likely N-dealkylation sites (tertiary alicyclic amines) is 1. The van der Waals surface area contributed by atoms with Gasteiger partial charge in [0, 0.05) is 38.4 Å². The van der Waals surface area contributed by atoms with Crippen LogP contribution in [0.3, 0.4) is 0 Å². The second-order valence-electron chi connectivity index (χ2n) is 6.56. The van der Waals surface area contributed by atoms with Crippen LogP contribution < -0.4 is 0 Å². The number of hydrogen-bond acceptors (Lipinski definition) is 5. The van der Waals surface area contributed by atoms with Gasteiger partial charge in [-0.2, -0.15) is 0 Å². The minimum Gasteiger partial charge on any atom is -0.379 e. The molecule has 2 aliphatic heterocycles. The topological polar surface area (TPSA) is 58.6 Å². The van der Waals surface area contributed by atoms with E-state index in [2.05, 4.69) is 21.8 Å². The van der Waals surface area contributed by atoms with Crippen molar-refractivity contribution in [2.45, 2.75) is 32.7 Å². The number of amides is 1. The Morgan fingerprint density at radius 2 is 1.87 bits per heavy atom. The number of piperidine rings is 1. The molecule has 1 aromatic heterocycles. The highest BCUT2D eigenvalue weighted by atomic mass is 16.5. The van der Waals surface area contributed by atoms with Gasteiger partial charge in [-0.25, -0.2) is 4.98 Å². The van der Waals surface area contributed by atoms with Crippen LogP contribution in [0.4, 0.5) is 0 Å². The first kappa shape index (κ1) is 16.3. The molecule has 3 rings (SSSR count). The molecule has 0 bridgehead atoms. The SMILES string of the molecule is Cc1cnc(C(=O)N2CCC(C(C)N3CCOCC3)CC2)cn1. The number of carbonyl (C=O) groups is 1. The molecule has 1 unspecified atom stereocenters. The van der Waals surface area contributed by atoms with Crippen LogP contribution in [-0.4, -0.2) is 71.1 Å². The van der Waals surface area contributed by atoms with E-state index in [4.69, 9.17) is 4.74 Å². The van der Waals surface area contributed by atoms with Crippen LogP contribution in [0, 0.1) is 12.8 Å². The predicted octanol–water partition coefficient (Wildman–Crippen LogP) is 1.36. The molecule has 0 aliphatic carbocycles. The molecule has 0 radical (unpaired) electrons. The maximum Gasteiger partial charge on any atom is 0.274 e. The standard InChI is InChI=1S/C17H26N4O2/c1-13-11-19-16(12-18-13)17(22)21-5-3-15(4-6-21)14(2)20-7-9-23-10-8-20/h11-12,14-15H,3-10H2,1-2H3. The fraction of sp³-hybridized carbons (Fsp3) is 0.706. The van der Waals surface area contributed by atoms with Crippen molar-refractivity contribution >= 4 is 5.91 Å². The highest BCUT2D eigenvalue weighted by molar-refractivity contribution is 5.92. The van der Waals surface area contributed by atoms with Gasteiger partial charge in [-0.15, -0.1) is 0 Å². The number of rotatable bonds is 3. The molecule has 0 spiro atoms. The maximum atomic E-state index is 12.5. The van der Waals surface area contributed by atoms with Gasteiger partial charge in [0.05, 0.1) is 25.1 Å². The first-order chi connectivity index (χ1) is 11.1. The van der Waals surface area contributed by atoms with Crippen LogP contribution in [0.25, 0.3) is 0 Å². The van der Waals surface area contributed by atoms with Crippen LogP contribution in [0.2, 0.25) is 0 Å². The molecule has 2 saturated heterocycles. The van der Waals surface area contributed by atoms with Crippen LogP contribution in [0.5, 0.6) is 0 Å². The fourth-order valence-corrected chi connectivity index (χ4v) is 3.53. The molecular formula is C17H26N4O2. The number of aromatic nitrogens is 2. The van der Waals surface area contributed by atoms with Crippen molar-refractivity contribution in [1.29, 1.82) is 0 Å². The Kier molecular flexibility index (Phi) is 5.23. The molecule has 6 heteroatoms. The molecule has 2 fully saturated rings. The van der Waals surface area contributed by atoms with E-state index in [1.165, 1.54) is 0 Å². The summed E-state index contributed by atoms with van der Waals surface area (Å²) in [5.41, 5.74) is 1.29. The monoisotopic (exact) mass is 318 g/mol. The summed E-state index contributed by atoms with van der Waals surface area (Å²) in [5.74, 6) is 0.663. The summed E-state index contributed by atoms with van der Waals surface area (Å²) in [6.07, 6.45) is 5.35. The zero-order valence-electron chi connectivity index (χ0n) is 14.1. The lowest BCUT2D eigenvalue weighted by molar-refractivity contribution is -0.000989. The lowest BCUT2D eigenvalue weighted by atomic mass is 9.89. The second-order valence-corrected chi connectivity index (χ2v) is 6.56. The van der Waals surface area contributed by atoms with Gasteiger partial charge in [0.1, 0.15) is 5.69 Å². The number of aryl methyl sites for hydroxylation is 1. The summed E-state index contributed by atoms with van der Waals surface area (Å²) in [7, 11) is 0. The van der Waals surface area contributed by atoms with Gasteiger partial charge in [0.2, 0.25) is 0 Å². The maximum absolute atomic E-state index is 12.5. The van der Waals surface area contributed by atoms with Crippen molar-refractivity contribution in [3.8, 4) is 0 Å². The Balaban J connectivity index is 1.53. The molecular weight excluding hydrogens is 292 g/mol. The fourth-order valence-electron chi connectivity index (χ4n) is 3.53. The molecule has 1 atom stereocenters. The van der Waals surface area contributed by atoms with E-state index in [9.17, 15) is 4.79 Å². The first-order valence-electron chi connectivity index (χ1n) is 8.55. The van der Waals surface area contributed by atoms with Crippen LogP contribution in [0.15, 0.2) is 12.4 Å². The number of hydrogen-bond donors (Lipinski definition) is 0. The molecule has 3 heterocycles. The van der Waals surface area contributed by atoms with Gasteiger partial charge in [0.15, 0.2) is 0 Å². The average molecular weight is 318 g/mol. The third-order valence-corrected chi connectivity index (χ3v) is 5.13. The molecule has 6 nitrogen and oxygen atoms in total. The van der Waals surface area contributed by atoms with Gasteiger partial charge >= 0.3 is 0 Å². The second kappa shape index (κ2) is 7.36. The molecule has 0 saturated carbocycles. The summed E-state index contributed by atoms with van der Waals surface area (Å²) in [6, 6.07) is 0.565. The van der Waals surface area contributed by atoms with E-state index in [0.717, 1.165) is 57.9 Å². The lowest BCUT2D eigenvalue weighted by Crippen LogP contribution is -2.49. The molecule has 0 N–H and O–H groups in total. The summed E-state index contributed by atoms with van der Waals surface area (Å²) in [5, 5.41) is 0. The highest BCUT2D eigenvalue weighted by Crippen LogP contribution is 2.25. The van der Waals surface area contributed by atoms with Crippen molar-refractivity contribution in [3.05, 3.63) is 23.8 Å². The third kappa shape index (κ3) is 3.87. The summed E-state index contributed by atoms with van der Waals surface area (Å²) in [6.45, 7) is 9.56. The van der Waals surface area contributed by atoms with E-state index in [1.807, 2.05) is 11.8 Å². The van der Waals surface area contributed by atoms with E-state index < -0.39 is 0 Å². The average Bonchev–Trinajstić information content (AvgIpc) is 2.62. The largest absolute Gasteiger partial charge is 0.379 e. The third-order valence-electron chi connectivity index (χ3n) is 5.13. The Bertz CT molecular complexity index is 520. The van der Waals surface area contributed by atoms with Gasteiger partial charge in [-0.05, 0) is 32.6 Å². The Morgan fingerprint density at radius 3 is 2.48 bits per heavy atom. The van der Waals surface area contributed by atoms with Crippen LogP contribution in [-0.2, 0) is 4.74 Å². The quantitative estimate of drug-likeness (QED) is 0.842. The highest BCUT2D eigenvalue weighted by Gasteiger charge is 2.30. The van der Waals surface area contributed by atoms with Crippen molar-refractivity contribution in [3.63, 3.8) is 0 Å². The Morgan fingerprint density at radius 1 is 1.17 bits per heavy atom. The molecule has 0 aromatic carbocycles. The summed E-state index contributed by atoms with van der Waals surface area (Å²) < 4.78 is 5.44. The predicted molar refractivity (Wildman–Crippen MR) is 87.3 cm³/mol. The normalized spacial score (nSPS) is 22.1. The minimum atomic E-state index is 0.00924. The Hall–Kier alpha value is -1.53. The summed E-state index contributed by atoms with van der Waals surface area (Å²) in [4.78, 5) is 25.3. The molecule has 23 heavy (non-hydrogen) atoms. The zero-order valence-corrected chi connectivity index (χ0v) is 14.1. The van der Waals surface area contributed by atoms with E-state index >= 15 is 0 Å². The van der Waals surface area contributed by atoms with Crippen LogP contribution in [0.1, 0.15) is 35.9 Å². The smallest absolute Gasteiger partial charge is 0.274 e. The zero-order chi connectivity index (χ0) is 16.2. The lowest BCUT2D eigenvalue weighted by Gasteiger charge is -2.40. The summed E-state index contributed by atoms with van der Waals surface area (Å²) >= 11 is 0. The number of nitrogens with zero attached hydrogens (tertiary/aromatic N) is 4. The first-order valence-corrected chi connectivity index (χ1v) is 8.55. The van der Waals surface area contributed by atoms with Gasteiger partial charge in [0.25, 0.3) is 5.91 Å². The molecule has 1 amide bonds. The van der Waals surface area contributed by atoms with Crippen molar-refractivity contribution in [1.82, 2.24) is 19.8 Å². The molecule has 126 valence electrons. The van der Waals surface area contributed by atoms with Crippen molar-refractivity contribution in [2.24, 2.45) is 5.92 Å². The van der Waals surface area contributed by atoms with Crippen molar-refractivity contribution < 1.29 is 9.53 Å². The van der Waals surface area contributed by atoms with Gasteiger partial charge in [-0.3, -0.25) is 14.7 Å². The number of ether oxygens (including phenoxy) is 1. The number of morpholine rings is 1. The van der Waals surface area contributed by atoms with E-state index in [1.54, 1.807) is 12.4 Å². The number of carbonyl (C=O) groups excluding carboxylic acids is 1. The van der Waals surface area contributed by atoms with Crippen LogP contribution >= 0.6 is 0 Å².